The fourth-order valence-corrected chi connectivity index (χ4v) is 9.11. The Morgan fingerprint density at radius 1 is 1.11 bits per heavy atom. The Kier molecular flexibility index (Phi) is 5.76. The Balaban J connectivity index is 1.17. The molecular formula is C27H34ClF2N3O2. The van der Waals surface area contributed by atoms with E-state index < -0.39 is 12.0 Å². The van der Waals surface area contributed by atoms with Crippen molar-refractivity contribution in [1.29, 1.82) is 0 Å². The molecule has 0 saturated heterocycles. The van der Waals surface area contributed by atoms with Gasteiger partial charge in [0, 0.05) is 5.92 Å². The van der Waals surface area contributed by atoms with Gasteiger partial charge in [-0.05, 0) is 105 Å². The molecular weight excluding hydrogens is 472 g/mol. The molecule has 2 aromatic rings. The molecule has 0 spiro atoms. The summed E-state index contributed by atoms with van der Waals surface area (Å²) in [6, 6.07) is 5.47. The summed E-state index contributed by atoms with van der Waals surface area (Å²) >= 11 is 6.24. The quantitative estimate of drug-likeness (QED) is 0.560. The van der Waals surface area contributed by atoms with Crippen LogP contribution in [0.2, 0.25) is 5.02 Å². The van der Waals surface area contributed by atoms with Crippen LogP contribution < -0.4 is 0 Å². The number of halogens is 3. The van der Waals surface area contributed by atoms with Crippen molar-refractivity contribution in [2.75, 3.05) is 0 Å². The van der Waals surface area contributed by atoms with E-state index in [-0.39, 0.29) is 42.4 Å². The summed E-state index contributed by atoms with van der Waals surface area (Å²) in [7, 11) is 0. The first kappa shape index (κ1) is 23.8. The van der Waals surface area contributed by atoms with E-state index in [9.17, 15) is 18.7 Å². The van der Waals surface area contributed by atoms with Crippen molar-refractivity contribution in [2.24, 2.45) is 40.9 Å². The highest BCUT2D eigenvalue weighted by atomic mass is 35.5. The first-order valence-corrected chi connectivity index (χ1v) is 13.6. The minimum Gasteiger partial charge on any atom is -0.384 e. The highest BCUT2D eigenvalue weighted by Gasteiger charge is 2.59. The first-order valence-electron chi connectivity index (χ1n) is 13.2. The summed E-state index contributed by atoms with van der Waals surface area (Å²) in [5.74, 6) is 2.48. The first-order chi connectivity index (χ1) is 16.7. The largest absolute Gasteiger partial charge is 0.384 e. The number of aliphatic hydroxyl groups is 1. The van der Waals surface area contributed by atoms with Gasteiger partial charge in [-0.25, -0.2) is 8.78 Å². The van der Waals surface area contributed by atoms with Gasteiger partial charge in [-0.2, -0.15) is 15.0 Å². The molecule has 4 saturated carbocycles. The van der Waals surface area contributed by atoms with E-state index in [0.717, 1.165) is 38.5 Å². The van der Waals surface area contributed by atoms with E-state index in [1.54, 1.807) is 6.07 Å². The van der Waals surface area contributed by atoms with Crippen LogP contribution in [0.1, 0.15) is 64.7 Å². The van der Waals surface area contributed by atoms with E-state index >= 15 is 0 Å². The second-order valence-corrected chi connectivity index (χ2v) is 12.5. The van der Waals surface area contributed by atoms with Gasteiger partial charge in [0.05, 0.1) is 5.02 Å². The van der Waals surface area contributed by atoms with E-state index in [2.05, 4.69) is 17.1 Å². The molecule has 8 atom stereocenters. The molecule has 5 nitrogen and oxygen atoms in total. The third kappa shape index (κ3) is 3.75. The van der Waals surface area contributed by atoms with Crippen LogP contribution in [-0.4, -0.2) is 37.9 Å². The predicted molar refractivity (Wildman–Crippen MR) is 129 cm³/mol. The summed E-state index contributed by atoms with van der Waals surface area (Å²) < 4.78 is 27.0. The van der Waals surface area contributed by atoms with E-state index in [1.165, 1.54) is 4.80 Å². The summed E-state index contributed by atoms with van der Waals surface area (Å²) in [4.78, 5) is 15.0. The Morgan fingerprint density at radius 2 is 1.91 bits per heavy atom. The van der Waals surface area contributed by atoms with Crippen molar-refractivity contribution in [3.8, 4) is 0 Å². The molecule has 1 N–H and O–H groups in total. The number of rotatable bonds is 4. The lowest BCUT2D eigenvalue weighted by Crippen LogP contribution is -2.53. The average molecular weight is 506 g/mol. The van der Waals surface area contributed by atoms with Gasteiger partial charge in [-0.3, -0.25) is 4.79 Å². The van der Waals surface area contributed by atoms with Gasteiger partial charge in [-0.1, -0.05) is 24.6 Å². The molecule has 4 aliphatic rings. The van der Waals surface area contributed by atoms with Crippen molar-refractivity contribution in [3.05, 3.63) is 23.2 Å². The fraction of sp³-hybridized carbons (Fsp3) is 0.741. The normalized spacial score (nSPS) is 41.0. The topological polar surface area (TPSA) is 68.0 Å². The van der Waals surface area contributed by atoms with Gasteiger partial charge in [-0.15, -0.1) is 0 Å². The Bertz CT molecular complexity index is 1140. The van der Waals surface area contributed by atoms with Gasteiger partial charge in [0.25, 0.3) is 6.43 Å². The lowest BCUT2D eigenvalue weighted by atomic mass is 9.49. The molecule has 35 heavy (non-hydrogen) atoms. The molecule has 0 bridgehead atoms. The van der Waals surface area contributed by atoms with E-state index in [0.29, 0.717) is 46.1 Å². The highest BCUT2D eigenvalue weighted by molar-refractivity contribution is 6.34. The van der Waals surface area contributed by atoms with Crippen LogP contribution in [0.4, 0.5) is 8.78 Å². The number of nitrogens with zero attached hydrogens (tertiary/aromatic N) is 3. The SMILES string of the molecule is C[C@]12CC[C@H]3[C@@H](CC[C@@H]4C[C@@](O)(C(F)F)CC[C@@H]43)[C@@H]1CC[C@@H]2C(=O)Cn1nc2cccc(Cl)c2n1. The monoisotopic (exact) mass is 505 g/mol. The zero-order chi connectivity index (χ0) is 24.5. The van der Waals surface area contributed by atoms with Gasteiger partial charge < -0.3 is 5.11 Å². The molecule has 0 radical (unpaired) electrons. The molecule has 1 heterocycles. The molecule has 4 fully saturated rings. The number of carbonyl (C=O) groups is 1. The van der Waals surface area contributed by atoms with Crippen molar-refractivity contribution >= 4 is 28.4 Å². The maximum absolute atomic E-state index is 13.5. The van der Waals surface area contributed by atoms with Crippen LogP contribution in [0.3, 0.4) is 0 Å². The molecule has 1 aromatic heterocycles. The smallest absolute Gasteiger partial charge is 0.266 e. The summed E-state index contributed by atoms with van der Waals surface area (Å²) in [5, 5.41) is 19.9. The number of alkyl halides is 2. The maximum atomic E-state index is 13.5. The van der Waals surface area contributed by atoms with Gasteiger partial charge in [0.1, 0.15) is 23.2 Å². The lowest BCUT2D eigenvalue weighted by Gasteiger charge is -2.57. The van der Waals surface area contributed by atoms with E-state index in [1.807, 2.05) is 12.1 Å². The number of carbonyl (C=O) groups excluding carboxylic acids is 1. The molecule has 8 heteroatoms. The lowest BCUT2D eigenvalue weighted by molar-refractivity contribution is -0.160. The van der Waals surface area contributed by atoms with Crippen LogP contribution in [0.15, 0.2) is 18.2 Å². The summed E-state index contributed by atoms with van der Waals surface area (Å²) in [6.07, 6.45) is 4.52. The van der Waals surface area contributed by atoms with Crippen LogP contribution in [-0.2, 0) is 11.3 Å². The van der Waals surface area contributed by atoms with Crippen molar-refractivity contribution in [2.45, 2.75) is 83.3 Å². The predicted octanol–water partition coefficient (Wildman–Crippen LogP) is 5.92. The standard InChI is InChI=1S/C27H34ClF2N3O2/c1-26-11-9-17-16-10-12-27(35,25(29)30)13-15(16)5-6-18(17)19(26)7-8-20(26)23(34)14-33-31-22-4-2-3-21(28)24(22)32-33/h2-4,15-20,25,35H,5-14H2,1H3/t15-,16+,17-,18-,19+,20-,26+,27-/m1/s1. The molecule has 6 rings (SSSR count). The number of aromatic nitrogens is 3. The van der Waals surface area contributed by atoms with Gasteiger partial charge in [0.15, 0.2) is 5.78 Å². The Hall–Kier alpha value is -1.60. The number of hydrogen-bond acceptors (Lipinski definition) is 4. The summed E-state index contributed by atoms with van der Waals surface area (Å²) in [5.41, 5.74) is -0.490. The maximum Gasteiger partial charge on any atom is 0.266 e. The minimum absolute atomic E-state index is 0.00559. The second kappa shape index (κ2) is 8.47. The van der Waals surface area contributed by atoms with Crippen LogP contribution in [0.25, 0.3) is 11.0 Å². The van der Waals surface area contributed by atoms with Crippen molar-refractivity contribution in [3.63, 3.8) is 0 Å². The van der Waals surface area contributed by atoms with Crippen LogP contribution >= 0.6 is 11.6 Å². The number of hydrogen-bond donors (Lipinski definition) is 1. The van der Waals surface area contributed by atoms with Gasteiger partial charge >= 0.3 is 0 Å². The fourth-order valence-electron chi connectivity index (χ4n) is 8.90. The number of fused-ring (bicyclic) bond motifs is 6. The number of Topliss-reactive ketones (excluding diaryl/α,β-unsaturated/α-hetero) is 1. The Morgan fingerprint density at radius 3 is 2.69 bits per heavy atom. The molecule has 0 amide bonds. The van der Waals surface area contributed by atoms with Crippen LogP contribution in [0.5, 0.6) is 0 Å². The minimum atomic E-state index is -2.66. The number of benzene rings is 1. The molecule has 0 aliphatic heterocycles. The molecule has 1 aromatic carbocycles. The number of ketones is 1. The van der Waals surface area contributed by atoms with Crippen molar-refractivity contribution in [1.82, 2.24) is 15.0 Å². The van der Waals surface area contributed by atoms with Crippen molar-refractivity contribution < 1.29 is 18.7 Å². The zero-order valence-corrected chi connectivity index (χ0v) is 20.9. The highest BCUT2D eigenvalue weighted by Crippen LogP contribution is 2.65. The molecule has 190 valence electrons. The zero-order valence-electron chi connectivity index (χ0n) is 20.2. The van der Waals surface area contributed by atoms with Gasteiger partial charge in [0.2, 0.25) is 0 Å². The summed E-state index contributed by atoms with van der Waals surface area (Å²) in [6.45, 7) is 2.48. The molecule has 0 unspecified atom stereocenters. The average Bonchev–Trinajstić information content (AvgIpc) is 3.39. The van der Waals surface area contributed by atoms with E-state index in [4.69, 9.17) is 11.6 Å². The molecule has 4 aliphatic carbocycles. The van der Waals surface area contributed by atoms with Crippen LogP contribution in [0, 0.1) is 40.9 Å². The second-order valence-electron chi connectivity index (χ2n) is 12.1. The Labute approximate surface area is 209 Å². The third-order valence-electron chi connectivity index (χ3n) is 10.5. The third-order valence-corrected chi connectivity index (χ3v) is 10.8.